The van der Waals surface area contributed by atoms with E-state index in [0.717, 1.165) is 24.2 Å². The van der Waals surface area contributed by atoms with E-state index >= 15 is 0 Å². The molecule has 0 saturated carbocycles. The molecule has 1 aliphatic heterocycles. The first kappa shape index (κ1) is 20.7. The first-order valence-electron chi connectivity index (χ1n) is 9.96. The Labute approximate surface area is 171 Å². The van der Waals surface area contributed by atoms with Crippen molar-refractivity contribution in [2.24, 2.45) is 0 Å². The predicted octanol–water partition coefficient (Wildman–Crippen LogP) is 3.58. The molecular weight excluding hydrogens is 368 g/mol. The molecule has 1 fully saturated rings. The summed E-state index contributed by atoms with van der Waals surface area (Å²) in [6.07, 6.45) is 1.95. The SMILES string of the molecule is COc1ccc(C2CCCN2C(=O)CNC(=O)c2ccc(OC(C)C)cc2)cc1. The molecule has 1 heterocycles. The lowest BCUT2D eigenvalue weighted by Gasteiger charge is -2.25. The zero-order chi connectivity index (χ0) is 20.8. The van der Waals surface area contributed by atoms with Crippen molar-refractivity contribution in [3.8, 4) is 11.5 Å². The van der Waals surface area contributed by atoms with Crippen molar-refractivity contribution in [1.29, 1.82) is 0 Å². The molecule has 6 heteroatoms. The monoisotopic (exact) mass is 396 g/mol. The lowest BCUT2D eigenvalue weighted by Crippen LogP contribution is -2.39. The molecule has 0 bridgehead atoms. The second kappa shape index (κ2) is 9.45. The van der Waals surface area contributed by atoms with Gasteiger partial charge in [0.05, 0.1) is 25.8 Å². The number of amides is 2. The van der Waals surface area contributed by atoms with Crippen molar-refractivity contribution in [3.05, 3.63) is 59.7 Å². The lowest BCUT2D eigenvalue weighted by molar-refractivity contribution is -0.131. The number of methoxy groups -OCH3 is 1. The predicted molar refractivity (Wildman–Crippen MR) is 111 cm³/mol. The number of rotatable bonds is 7. The van der Waals surface area contributed by atoms with Crippen molar-refractivity contribution in [2.45, 2.75) is 38.8 Å². The maximum atomic E-state index is 12.7. The third kappa shape index (κ3) is 5.28. The average Bonchev–Trinajstić information content (AvgIpc) is 3.22. The molecule has 29 heavy (non-hydrogen) atoms. The van der Waals surface area contributed by atoms with E-state index in [0.29, 0.717) is 17.9 Å². The zero-order valence-corrected chi connectivity index (χ0v) is 17.2. The Morgan fingerprint density at radius 2 is 1.72 bits per heavy atom. The molecule has 1 aliphatic rings. The van der Waals surface area contributed by atoms with E-state index in [2.05, 4.69) is 5.32 Å². The normalized spacial score (nSPS) is 16.0. The lowest BCUT2D eigenvalue weighted by atomic mass is 10.0. The van der Waals surface area contributed by atoms with Gasteiger partial charge in [0, 0.05) is 12.1 Å². The van der Waals surface area contributed by atoms with Crippen molar-refractivity contribution < 1.29 is 19.1 Å². The molecule has 2 aromatic rings. The molecule has 1 atom stereocenters. The molecule has 3 rings (SSSR count). The fourth-order valence-corrected chi connectivity index (χ4v) is 3.55. The van der Waals surface area contributed by atoms with Crippen molar-refractivity contribution in [2.75, 3.05) is 20.2 Å². The molecule has 0 aromatic heterocycles. The van der Waals surface area contributed by atoms with Gasteiger partial charge in [0.15, 0.2) is 0 Å². The van der Waals surface area contributed by atoms with Gasteiger partial charge in [-0.1, -0.05) is 12.1 Å². The summed E-state index contributed by atoms with van der Waals surface area (Å²) in [5, 5.41) is 2.74. The summed E-state index contributed by atoms with van der Waals surface area (Å²) in [6, 6.07) is 14.8. The highest BCUT2D eigenvalue weighted by Gasteiger charge is 2.29. The Morgan fingerprint density at radius 1 is 1.07 bits per heavy atom. The standard InChI is InChI=1S/C23H28N2O4/c1-16(2)29-20-12-8-18(9-13-20)23(27)24-15-22(26)25-14-4-5-21(25)17-6-10-19(28-3)11-7-17/h6-13,16,21H,4-5,14-15H2,1-3H3,(H,24,27). The molecule has 0 spiro atoms. The van der Waals surface area contributed by atoms with E-state index in [1.54, 1.807) is 31.4 Å². The highest BCUT2D eigenvalue weighted by atomic mass is 16.5. The third-order valence-corrected chi connectivity index (χ3v) is 4.96. The van der Waals surface area contributed by atoms with Crippen LogP contribution in [0.25, 0.3) is 0 Å². The van der Waals surface area contributed by atoms with E-state index < -0.39 is 0 Å². The van der Waals surface area contributed by atoms with Gasteiger partial charge < -0.3 is 19.7 Å². The Hall–Kier alpha value is -3.02. The largest absolute Gasteiger partial charge is 0.497 e. The number of hydrogen-bond donors (Lipinski definition) is 1. The van der Waals surface area contributed by atoms with Crippen LogP contribution in [-0.2, 0) is 4.79 Å². The van der Waals surface area contributed by atoms with Crippen LogP contribution in [0.2, 0.25) is 0 Å². The van der Waals surface area contributed by atoms with Gasteiger partial charge in [0.25, 0.3) is 5.91 Å². The molecule has 1 unspecified atom stereocenters. The van der Waals surface area contributed by atoms with Gasteiger partial charge >= 0.3 is 0 Å². The van der Waals surface area contributed by atoms with E-state index in [9.17, 15) is 9.59 Å². The number of benzene rings is 2. The number of nitrogens with zero attached hydrogens (tertiary/aromatic N) is 1. The number of ether oxygens (including phenoxy) is 2. The third-order valence-electron chi connectivity index (χ3n) is 4.96. The number of carbonyl (C=O) groups excluding carboxylic acids is 2. The molecule has 154 valence electrons. The summed E-state index contributed by atoms with van der Waals surface area (Å²) in [6.45, 7) is 4.58. The number of nitrogens with one attached hydrogen (secondary N) is 1. The average molecular weight is 396 g/mol. The minimum Gasteiger partial charge on any atom is -0.497 e. The minimum atomic E-state index is -0.269. The Kier molecular flexibility index (Phi) is 6.75. The van der Waals surface area contributed by atoms with Crippen molar-refractivity contribution in [1.82, 2.24) is 10.2 Å². The second-order valence-electron chi connectivity index (χ2n) is 7.39. The van der Waals surface area contributed by atoms with Crippen LogP contribution < -0.4 is 14.8 Å². The van der Waals surface area contributed by atoms with Gasteiger partial charge in [-0.05, 0) is 68.7 Å². The van der Waals surface area contributed by atoms with Gasteiger partial charge in [0.2, 0.25) is 5.91 Å². The van der Waals surface area contributed by atoms with Crippen LogP contribution >= 0.6 is 0 Å². The van der Waals surface area contributed by atoms with E-state index in [1.807, 2.05) is 43.0 Å². The maximum Gasteiger partial charge on any atom is 0.251 e. The summed E-state index contributed by atoms with van der Waals surface area (Å²) >= 11 is 0. The highest BCUT2D eigenvalue weighted by Crippen LogP contribution is 2.32. The Morgan fingerprint density at radius 3 is 2.34 bits per heavy atom. The summed E-state index contributed by atoms with van der Waals surface area (Å²) < 4.78 is 10.8. The Bertz CT molecular complexity index is 831. The molecular formula is C23H28N2O4. The number of hydrogen-bond acceptors (Lipinski definition) is 4. The van der Waals surface area contributed by atoms with Crippen LogP contribution in [0, 0.1) is 0 Å². The van der Waals surface area contributed by atoms with E-state index in [1.165, 1.54) is 0 Å². The van der Waals surface area contributed by atoms with Crippen LogP contribution in [0.4, 0.5) is 0 Å². The van der Waals surface area contributed by atoms with Gasteiger partial charge in [-0.15, -0.1) is 0 Å². The first-order chi connectivity index (χ1) is 14.0. The number of carbonyl (C=O) groups is 2. The molecule has 2 amide bonds. The minimum absolute atomic E-state index is 0.0181. The molecule has 1 saturated heterocycles. The van der Waals surface area contributed by atoms with Crippen molar-refractivity contribution >= 4 is 11.8 Å². The molecule has 0 radical (unpaired) electrons. The topological polar surface area (TPSA) is 67.9 Å². The number of likely N-dealkylation sites (tertiary alicyclic amines) is 1. The van der Waals surface area contributed by atoms with Crippen LogP contribution in [0.5, 0.6) is 11.5 Å². The Balaban J connectivity index is 1.56. The second-order valence-corrected chi connectivity index (χ2v) is 7.39. The van der Waals surface area contributed by atoms with Gasteiger partial charge in [0.1, 0.15) is 11.5 Å². The quantitative estimate of drug-likeness (QED) is 0.777. The molecule has 1 N–H and O–H groups in total. The first-order valence-corrected chi connectivity index (χ1v) is 9.96. The summed E-state index contributed by atoms with van der Waals surface area (Å²) in [5.41, 5.74) is 1.59. The molecule has 6 nitrogen and oxygen atoms in total. The zero-order valence-electron chi connectivity index (χ0n) is 17.2. The fraction of sp³-hybridized carbons (Fsp3) is 0.391. The van der Waals surface area contributed by atoms with E-state index in [-0.39, 0.29) is 30.5 Å². The summed E-state index contributed by atoms with van der Waals surface area (Å²) in [5.74, 6) is 1.17. The summed E-state index contributed by atoms with van der Waals surface area (Å²) in [7, 11) is 1.63. The van der Waals surface area contributed by atoms with Gasteiger partial charge in [-0.25, -0.2) is 0 Å². The summed E-state index contributed by atoms with van der Waals surface area (Å²) in [4.78, 5) is 27.0. The van der Waals surface area contributed by atoms with Crippen LogP contribution in [-0.4, -0.2) is 43.0 Å². The molecule has 2 aromatic carbocycles. The van der Waals surface area contributed by atoms with E-state index in [4.69, 9.17) is 9.47 Å². The van der Waals surface area contributed by atoms with Gasteiger partial charge in [-0.2, -0.15) is 0 Å². The molecule has 0 aliphatic carbocycles. The van der Waals surface area contributed by atoms with Gasteiger partial charge in [-0.3, -0.25) is 9.59 Å². The van der Waals surface area contributed by atoms with Crippen molar-refractivity contribution in [3.63, 3.8) is 0 Å². The van der Waals surface area contributed by atoms with Crippen LogP contribution in [0.1, 0.15) is 48.7 Å². The van der Waals surface area contributed by atoms with Crippen LogP contribution in [0.3, 0.4) is 0 Å². The van der Waals surface area contributed by atoms with Crippen LogP contribution in [0.15, 0.2) is 48.5 Å². The fourth-order valence-electron chi connectivity index (χ4n) is 3.55. The smallest absolute Gasteiger partial charge is 0.251 e. The maximum absolute atomic E-state index is 12.7. The highest BCUT2D eigenvalue weighted by molar-refractivity contribution is 5.96.